The van der Waals surface area contributed by atoms with Crippen molar-refractivity contribution in [3.63, 3.8) is 0 Å². The predicted octanol–water partition coefficient (Wildman–Crippen LogP) is 1.76. The molecular formula is C18H24N6O. The molecule has 2 aromatic rings. The van der Waals surface area contributed by atoms with Gasteiger partial charge in [0, 0.05) is 25.5 Å². The van der Waals surface area contributed by atoms with Crippen molar-refractivity contribution in [3.05, 3.63) is 35.8 Å². The zero-order chi connectivity index (χ0) is 17.3. The van der Waals surface area contributed by atoms with E-state index in [0.717, 1.165) is 62.0 Å². The Kier molecular flexibility index (Phi) is 4.25. The fraction of sp³-hybridized carbons (Fsp3) is 0.556. The van der Waals surface area contributed by atoms with Crippen LogP contribution < -0.4 is 9.80 Å². The number of hydrogen-bond donors (Lipinski definition) is 0. The molecule has 2 saturated heterocycles. The third-order valence-electron chi connectivity index (χ3n) is 4.95. The standard InChI is InChI=1S/C18H24N6O/c1-14-10-19-17(20-11-14)24-8-9-25-18(13-24)6-3-7-23(12-18)16-5-4-15(2)21-22-16/h4-5,10-11H,3,6-9,12-13H2,1-2H3/t18-/m1/s1. The van der Waals surface area contributed by atoms with E-state index in [9.17, 15) is 0 Å². The first-order valence-corrected chi connectivity index (χ1v) is 8.86. The second-order valence-corrected chi connectivity index (χ2v) is 7.07. The molecule has 2 aliphatic rings. The number of aryl methyl sites for hydroxylation is 2. The Morgan fingerprint density at radius 2 is 1.80 bits per heavy atom. The molecule has 2 aromatic heterocycles. The van der Waals surface area contributed by atoms with Crippen LogP contribution in [0.25, 0.3) is 0 Å². The number of anilines is 2. The van der Waals surface area contributed by atoms with Crippen molar-refractivity contribution in [3.8, 4) is 0 Å². The summed E-state index contributed by atoms with van der Waals surface area (Å²) < 4.78 is 6.27. The molecule has 4 heterocycles. The van der Waals surface area contributed by atoms with Crippen LogP contribution in [0.5, 0.6) is 0 Å². The van der Waals surface area contributed by atoms with Crippen LogP contribution in [0.4, 0.5) is 11.8 Å². The fourth-order valence-electron chi connectivity index (χ4n) is 3.67. The minimum atomic E-state index is -0.197. The molecule has 7 heteroatoms. The largest absolute Gasteiger partial charge is 0.369 e. The Morgan fingerprint density at radius 1 is 1.00 bits per heavy atom. The minimum absolute atomic E-state index is 0.197. The average molecular weight is 340 g/mol. The van der Waals surface area contributed by atoms with Crippen LogP contribution in [0.2, 0.25) is 0 Å². The van der Waals surface area contributed by atoms with E-state index in [1.54, 1.807) is 0 Å². The lowest BCUT2D eigenvalue weighted by Crippen LogP contribution is -2.60. The number of ether oxygens (including phenoxy) is 1. The molecule has 1 spiro atoms. The Balaban J connectivity index is 1.52. The maximum Gasteiger partial charge on any atom is 0.225 e. The predicted molar refractivity (Wildman–Crippen MR) is 95.9 cm³/mol. The summed E-state index contributed by atoms with van der Waals surface area (Å²) in [5.74, 6) is 1.72. The molecule has 7 nitrogen and oxygen atoms in total. The molecule has 4 rings (SSSR count). The van der Waals surface area contributed by atoms with Gasteiger partial charge in [0.1, 0.15) is 5.60 Å². The molecule has 0 aliphatic carbocycles. The summed E-state index contributed by atoms with van der Waals surface area (Å²) in [4.78, 5) is 13.5. The van der Waals surface area contributed by atoms with Crippen LogP contribution in [0.3, 0.4) is 0 Å². The monoisotopic (exact) mass is 340 g/mol. The van der Waals surface area contributed by atoms with Crippen LogP contribution in [-0.2, 0) is 4.74 Å². The number of piperidine rings is 1. The number of rotatable bonds is 2. The Hall–Kier alpha value is -2.28. The van der Waals surface area contributed by atoms with Gasteiger partial charge in [0.25, 0.3) is 0 Å². The third kappa shape index (κ3) is 3.42. The van der Waals surface area contributed by atoms with Gasteiger partial charge in [-0.3, -0.25) is 0 Å². The minimum Gasteiger partial charge on any atom is -0.369 e. The van der Waals surface area contributed by atoms with E-state index < -0.39 is 0 Å². The molecule has 0 amide bonds. The van der Waals surface area contributed by atoms with Crippen LogP contribution >= 0.6 is 0 Å². The van der Waals surface area contributed by atoms with Crippen molar-refractivity contribution >= 4 is 11.8 Å². The van der Waals surface area contributed by atoms with E-state index >= 15 is 0 Å². The lowest BCUT2D eigenvalue weighted by molar-refractivity contribution is -0.0634. The summed E-state index contributed by atoms with van der Waals surface area (Å²) in [7, 11) is 0. The van der Waals surface area contributed by atoms with Crippen molar-refractivity contribution in [1.82, 2.24) is 20.2 Å². The molecule has 0 N–H and O–H groups in total. The van der Waals surface area contributed by atoms with Crippen molar-refractivity contribution < 1.29 is 4.74 Å². The molecule has 0 unspecified atom stereocenters. The summed E-state index contributed by atoms with van der Waals surface area (Å²) in [6.07, 6.45) is 5.88. The summed E-state index contributed by atoms with van der Waals surface area (Å²) in [5.41, 5.74) is 1.82. The molecule has 2 fully saturated rings. The van der Waals surface area contributed by atoms with Crippen LogP contribution in [0.15, 0.2) is 24.5 Å². The van der Waals surface area contributed by atoms with E-state index in [1.807, 2.05) is 38.4 Å². The van der Waals surface area contributed by atoms with Gasteiger partial charge in [-0.05, 0) is 44.4 Å². The highest BCUT2D eigenvalue weighted by atomic mass is 16.5. The van der Waals surface area contributed by atoms with E-state index in [-0.39, 0.29) is 5.60 Å². The first-order valence-electron chi connectivity index (χ1n) is 8.86. The highest BCUT2D eigenvalue weighted by molar-refractivity contribution is 5.40. The lowest BCUT2D eigenvalue weighted by atomic mass is 9.90. The molecule has 0 radical (unpaired) electrons. The van der Waals surface area contributed by atoms with Crippen molar-refractivity contribution in [2.45, 2.75) is 32.3 Å². The van der Waals surface area contributed by atoms with Gasteiger partial charge >= 0.3 is 0 Å². The van der Waals surface area contributed by atoms with Crippen LogP contribution in [0, 0.1) is 13.8 Å². The molecule has 0 saturated carbocycles. The van der Waals surface area contributed by atoms with Crippen molar-refractivity contribution in [1.29, 1.82) is 0 Å². The normalized spacial score (nSPS) is 23.9. The molecule has 2 aliphatic heterocycles. The zero-order valence-electron chi connectivity index (χ0n) is 14.9. The van der Waals surface area contributed by atoms with Gasteiger partial charge < -0.3 is 14.5 Å². The summed E-state index contributed by atoms with van der Waals surface area (Å²) in [6.45, 7) is 8.12. The van der Waals surface area contributed by atoms with Crippen LogP contribution in [0.1, 0.15) is 24.1 Å². The molecule has 25 heavy (non-hydrogen) atoms. The van der Waals surface area contributed by atoms with Gasteiger partial charge in [-0.1, -0.05) is 0 Å². The van der Waals surface area contributed by atoms with E-state index in [2.05, 4.69) is 30.0 Å². The van der Waals surface area contributed by atoms with Gasteiger partial charge in [-0.15, -0.1) is 5.10 Å². The summed E-state index contributed by atoms with van der Waals surface area (Å²) in [5, 5.41) is 8.54. The van der Waals surface area contributed by atoms with Crippen LogP contribution in [-0.4, -0.2) is 58.6 Å². The maximum atomic E-state index is 6.27. The van der Waals surface area contributed by atoms with Gasteiger partial charge in [-0.25, -0.2) is 9.97 Å². The Morgan fingerprint density at radius 3 is 2.56 bits per heavy atom. The van der Waals surface area contributed by atoms with Crippen molar-refractivity contribution in [2.24, 2.45) is 0 Å². The number of aromatic nitrogens is 4. The highest BCUT2D eigenvalue weighted by Crippen LogP contribution is 2.31. The van der Waals surface area contributed by atoms with Gasteiger partial charge in [0.15, 0.2) is 5.82 Å². The third-order valence-corrected chi connectivity index (χ3v) is 4.95. The van der Waals surface area contributed by atoms with E-state index in [0.29, 0.717) is 6.61 Å². The molecule has 132 valence electrons. The molecule has 0 aromatic carbocycles. The maximum absolute atomic E-state index is 6.27. The van der Waals surface area contributed by atoms with Crippen molar-refractivity contribution in [2.75, 3.05) is 42.6 Å². The highest BCUT2D eigenvalue weighted by Gasteiger charge is 2.41. The molecule has 0 bridgehead atoms. The lowest BCUT2D eigenvalue weighted by Gasteiger charge is -2.48. The van der Waals surface area contributed by atoms with E-state index in [1.165, 1.54) is 0 Å². The summed E-state index contributed by atoms with van der Waals surface area (Å²) >= 11 is 0. The first kappa shape index (κ1) is 16.2. The first-order chi connectivity index (χ1) is 12.1. The quantitative estimate of drug-likeness (QED) is 0.825. The number of nitrogens with zero attached hydrogens (tertiary/aromatic N) is 6. The number of morpholine rings is 1. The molecule has 1 atom stereocenters. The topological polar surface area (TPSA) is 67.3 Å². The molecular weight excluding hydrogens is 316 g/mol. The Bertz CT molecular complexity index is 654. The second-order valence-electron chi connectivity index (χ2n) is 7.07. The second kappa shape index (κ2) is 6.55. The average Bonchev–Trinajstić information content (AvgIpc) is 2.63. The zero-order valence-corrected chi connectivity index (χ0v) is 14.9. The van der Waals surface area contributed by atoms with Gasteiger partial charge in [-0.2, -0.15) is 5.10 Å². The van der Waals surface area contributed by atoms with E-state index in [4.69, 9.17) is 4.74 Å². The summed E-state index contributed by atoms with van der Waals surface area (Å²) in [6, 6.07) is 4.06. The van der Waals surface area contributed by atoms with Gasteiger partial charge in [0.2, 0.25) is 5.95 Å². The van der Waals surface area contributed by atoms with Gasteiger partial charge in [0.05, 0.1) is 25.4 Å². The number of hydrogen-bond acceptors (Lipinski definition) is 7. The fourth-order valence-corrected chi connectivity index (χ4v) is 3.67. The Labute approximate surface area is 148 Å². The SMILES string of the molecule is Cc1cnc(N2CCO[C@@]3(CCCN(c4ccc(C)nn4)C3)C2)nc1. The smallest absolute Gasteiger partial charge is 0.225 e.